The van der Waals surface area contributed by atoms with Gasteiger partial charge in [0.15, 0.2) is 0 Å². The average Bonchev–Trinajstić information content (AvgIpc) is 2.67. The summed E-state index contributed by atoms with van der Waals surface area (Å²) in [5.41, 5.74) is 5.33. The molecule has 1 aromatic heterocycles. The second-order valence-corrected chi connectivity index (χ2v) is 5.36. The van der Waals surface area contributed by atoms with Gasteiger partial charge in [0.25, 0.3) is 0 Å². The molecule has 1 unspecified atom stereocenters. The Morgan fingerprint density at radius 3 is 2.61 bits per heavy atom. The Kier molecular flexibility index (Phi) is 4.42. The zero-order valence-corrected chi connectivity index (χ0v) is 11.4. The van der Waals surface area contributed by atoms with Crippen LogP contribution in [0.25, 0.3) is 0 Å². The lowest BCUT2D eigenvalue weighted by molar-refractivity contribution is -0.126. The third kappa shape index (κ3) is 3.27. The molecule has 0 aliphatic carbocycles. The van der Waals surface area contributed by atoms with Crippen molar-refractivity contribution in [1.82, 2.24) is 10.3 Å². The number of hydrogen-bond donors (Lipinski definition) is 3. The van der Waals surface area contributed by atoms with Crippen molar-refractivity contribution in [2.75, 3.05) is 0 Å². The summed E-state index contributed by atoms with van der Waals surface area (Å²) in [5.74, 6) is -1.27. The van der Waals surface area contributed by atoms with E-state index in [0.717, 1.165) is 11.3 Å². The summed E-state index contributed by atoms with van der Waals surface area (Å²) in [7, 11) is 0. The van der Waals surface area contributed by atoms with Gasteiger partial charge in [-0.05, 0) is 20.3 Å². The number of hydrogen-bond acceptors (Lipinski definition) is 5. The predicted octanol–water partition coefficient (Wildman–Crippen LogP) is 0.893. The molecule has 0 saturated carbocycles. The summed E-state index contributed by atoms with van der Waals surface area (Å²) in [6.07, 6.45) is 0.524. The Balaban J connectivity index is 2.68. The largest absolute Gasteiger partial charge is 0.477 e. The van der Waals surface area contributed by atoms with Gasteiger partial charge in [0.2, 0.25) is 5.91 Å². The zero-order chi connectivity index (χ0) is 13.9. The second-order valence-electron chi connectivity index (χ2n) is 4.28. The van der Waals surface area contributed by atoms with Crippen LogP contribution in [0.15, 0.2) is 0 Å². The summed E-state index contributed by atoms with van der Waals surface area (Å²) >= 11 is 1.06. The Morgan fingerprint density at radius 2 is 2.17 bits per heavy atom. The fraction of sp³-hybridized carbons (Fsp3) is 0.545. The molecule has 7 heteroatoms. The molecule has 1 atom stereocenters. The quantitative estimate of drug-likeness (QED) is 0.737. The highest BCUT2D eigenvalue weighted by Gasteiger charge is 2.26. The summed E-state index contributed by atoms with van der Waals surface area (Å²) < 4.78 is 0. The number of carboxylic acid groups (broad SMARTS) is 1. The number of aromatic nitrogens is 1. The Labute approximate surface area is 109 Å². The van der Waals surface area contributed by atoms with Gasteiger partial charge in [-0.25, -0.2) is 9.78 Å². The van der Waals surface area contributed by atoms with Crippen molar-refractivity contribution in [3.63, 3.8) is 0 Å². The Hall–Kier alpha value is -1.47. The van der Waals surface area contributed by atoms with E-state index < -0.39 is 11.5 Å². The number of nitrogens with two attached hydrogens (primary N) is 1. The molecule has 0 radical (unpaired) electrons. The predicted molar refractivity (Wildman–Crippen MR) is 68.5 cm³/mol. The van der Waals surface area contributed by atoms with Crippen LogP contribution in [0.1, 0.15) is 40.6 Å². The molecule has 0 aliphatic rings. The highest BCUT2D eigenvalue weighted by atomic mass is 32.1. The van der Waals surface area contributed by atoms with Gasteiger partial charge in [-0.1, -0.05) is 6.92 Å². The van der Waals surface area contributed by atoms with Crippen molar-refractivity contribution in [2.45, 2.75) is 39.3 Å². The number of rotatable bonds is 5. The van der Waals surface area contributed by atoms with Crippen molar-refractivity contribution in [2.24, 2.45) is 5.73 Å². The highest BCUT2D eigenvalue weighted by molar-refractivity contribution is 7.13. The maximum absolute atomic E-state index is 11.7. The third-order valence-electron chi connectivity index (χ3n) is 2.69. The van der Waals surface area contributed by atoms with Crippen LogP contribution in [-0.2, 0) is 11.3 Å². The Morgan fingerprint density at radius 1 is 1.56 bits per heavy atom. The first kappa shape index (κ1) is 14.6. The van der Waals surface area contributed by atoms with Crippen LogP contribution in [0, 0.1) is 6.92 Å². The maximum Gasteiger partial charge on any atom is 0.347 e. The lowest BCUT2D eigenvalue weighted by atomic mass is 10.00. The monoisotopic (exact) mass is 271 g/mol. The van der Waals surface area contributed by atoms with Crippen molar-refractivity contribution >= 4 is 23.2 Å². The molecular formula is C11H17N3O3S. The molecule has 1 heterocycles. The van der Waals surface area contributed by atoms with E-state index in [1.54, 1.807) is 13.8 Å². The fourth-order valence-electron chi connectivity index (χ4n) is 1.24. The van der Waals surface area contributed by atoms with Crippen LogP contribution in [0.5, 0.6) is 0 Å². The number of amides is 1. The minimum atomic E-state index is -1.00. The molecule has 4 N–H and O–H groups in total. The number of nitrogens with zero attached hydrogens (tertiary/aromatic N) is 1. The fourth-order valence-corrected chi connectivity index (χ4v) is 2.09. The highest BCUT2D eigenvalue weighted by Crippen LogP contribution is 2.18. The van der Waals surface area contributed by atoms with Crippen molar-refractivity contribution < 1.29 is 14.7 Å². The number of nitrogens with one attached hydrogen (secondary N) is 1. The van der Waals surface area contributed by atoms with E-state index in [1.807, 2.05) is 6.92 Å². The van der Waals surface area contributed by atoms with E-state index in [0.29, 0.717) is 17.1 Å². The van der Waals surface area contributed by atoms with Crippen molar-refractivity contribution in [1.29, 1.82) is 0 Å². The number of carbonyl (C=O) groups excluding carboxylic acids is 1. The molecule has 0 bridgehead atoms. The Bertz CT molecular complexity index is 468. The van der Waals surface area contributed by atoms with Gasteiger partial charge < -0.3 is 16.2 Å². The van der Waals surface area contributed by atoms with E-state index >= 15 is 0 Å². The molecule has 18 heavy (non-hydrogen) atoms. The van der Waals surface area contributed by atoms with Crippen LogP contribution in [-0.4, -0.2) is 27.5 Å². The summed E-state index contributed by atoms with van der Waals surface area (Å²) in [5, 5.41) is 12.1. The number of aromatic carboxylic acids is 1. The first-order valence-corrected chi connectivity index (χ1v) is 6.36. The van der Waals surface area contributed by atoms with E-state index in [1.165, 1.54) is 0 Å². The SMILES string of the molecule is CCC(C)(N)C(=O)NCc1nc(C)c(C(=O)O)s1. The van der Waals surface area contributed by atoms with E-state index in [-0.39, 0.29) is 17.3 Å². The second kappa shape index (κ2) is 5.45. The van der Waals surface area contributed by atoms with E-state index in [9.17, 15) is 9.59 Å². The number of thiazole rings is 1. The lowest BCUT2D eigenvalue weighted by Crippen LogP contribution is -2.50. The molecule has 6 nitrogen and oxygen atoms in total. The average molecular weight is 271 g/mol. The number of carboxylic acids is 1. The van der Waals surface area contributed by atoms with Crippen LogP contribution in [0.4, 0.5) is 0 Å². The molecule has 1 rings (SSSR count). The molecular weight excluding hydrogens is 254 g/mol. The summed E-state index contributed by atoms with van der Waals surface area (Å²) in [6, 6.07) is 0. The smallest absolute Gasteiger partial charge is 0.347 e. The minimum Gasteiger partial charge on any atom is -0.477 e. The van der Waals surface area contributed by atoms with Gasteiger partial charge in [0.05, 0.1) is 17.8 Å². The standard InChI is InChI=1S/C11H17N3O3S/c1-4-11(3,12)10(17)13-5-7-14-6(2)8(18-7)9(15)16/h4-5,12H2,1-3H3,(H,13,17)(H,15,16). The van der Waals surface area contributed by atoms with Crippen LogP contribution in [0.2, 0.25) is 0 Å². The normalized spacial score (nSPS) is 14.0. The van der Waals surface area contributed by atoms with E-state index in [4.69, 9.17) is 10.8 Å². The number of carbonyl (C=O) groups is 2. The maximum atomic E-state index is 11.7. The molecule has 1 amide bonds. The lowest BCUT2D eigenvalue weighted by Gasteiger charge is -2.20. The molecule has 0 aromatic carbocycles. The molecule has 0 fully saturated rings. The topological polar surface area (TPSA) is 105 Å². The molecule has 0 aliphatic heterocycles. The third-order valence-corrected chi connectivity index (χ3v) is 3.83. The van der Waals surface area contributed by atoms with Gasteiger partial charge >= 0.3 is 5.97 Å². The first-order valence-electron chi connectivity index (χ1n) is 5.54. The molecule has 1 aromatic rings. The van der Waals surface area contributed by atoms with Crippen LogP contribution in [0.3, 0.4) is 0 Å². The number of aryl methyl sites for hydroxylation is 1. The van der Waals surface area contributed by atoms with Crippen molar-refractivity contribution in [3.8, 4) is 0 Å². The van der Waals surface area contributed by atoms with Gasteiger partial charge in [-0.2, -0.15) is 0 Å². The first-order chi connectivity index (χ1) is 8.27. The summed E-state index contributed by atoms with van der Waals surface area (Å²) in [4.78, 5) is 26.9. The van der Waals surface area contributed by atoms with Gasteiger partial charge in [0, 0.05) is 0 Å². The van der Waals surface area contributed by atoms with Gasteiger partial charge in [-0.3, -0.25) is 4.79 Å². The summed E-state index contributed by atoms with van der Waals surface area (Å²) in [6.45, 7) is 5.31. The van der Waals surface area contributed by atoms with Crippen LogP contribution >= 0.6 is 11.3 Å². The van der Waals surface area contributed by atoms with Gasteiger partial charge in [-0.15, -0.1) is 11.3 Å². The molecule has 0 saturated heterocycles. The van der Waals surface area contributed by atoms with Crippen molar-refractivity contribution in [3.05, 3.63) is 15.6 Å². The minimum absolute atomic E-state index is 0.199. The van der Waals surface area contributed by atoms with Crippen LogP contribution < -0.4 is 11.1 Å². The molecule has 100 valence electrons. The van der Waals surface area contributed by atoms with E-state index in [2.05, 4.69) is 10.3 Å². The van der Waals surface area contributed by atoms with Gasteiger partial charge in [0.1, 0.15) is 9.88 Å². The zero-order valence-electron chi connectivity index (χ0n) is 10.6. The molecule has 0 spiro atoms.